The Morgan fingerprint density at radius 1 is 0.882 bits per heavy atom. The number of ketones is 2. The van der Waals surface area contributed by atoms with Crippen LogP contribution in [0, 0.1) is 5.92 Å². The third-order valence-electron chi connectivity index (χ3n) is 14.4. The molecule has 23 heteroatoms. The van der Waals surface area contributed by atoms with Crippen molar-refractivity contribution in [1.82, 2.24) is 25.8 Å². The number of benzene rings is 3. The van der Waals surface area contributed by atoms with E-state index in [0.29, 0.717) is 30.9 Å². The van der Waals surface area contributed by atoms with Gasteiger partial charge in [-0.05, 0) is 43.5 Å². The summed E-state index contributed by atoms with van der Waals surface area (Å²) in [6.45, 7) is 7.28. The number of hydrogen-bond acceptors (Lipinski definition) is 18. The Bertz CT molecular complexity index is 2840. The number of anilines is 1. The SMILES string of the molecule is COc1cccc2c1C(=O)c1c(O)c3c(c(O)c1C2=O)C[C@@](O)(C(=O)NCc1ccc(NC(=O)[C@H](C)NC(=O)[C@@H](NC(=O)CCN2C(=O)C=CC2=O)C(C)C)cc1)C[C@@H]3O[C@H]1C[C@H](N2CCO[C@H](OC)C2)[C@H](O)[C@H](C)O1. The lowest BCUT2D eigenvalue weighted by atomic mass is 9.72. The normalized spacial score (nSPS) is 25.0. The summed E-state index contributed by atoms with van der Waals surface area (Å²) in [5, 5.41) is 58.5. The number of fused-ring (bicyclic) bond motifs is 3. The van der Waals surface area contributed by atoms with Gasteiger partial charge >= 0.3 is 0 Å². The molecule has 3 heterocycles. The number of ether oxygens (including phenoxy) is 5. The van der Waals surface area contributed by atoms with Gasteiger partial charge in [-0.25, -0.2) is 0 Å². The highest BCUT2D eigenvalue weighted by Gasteiger charge is 2.51. The van der Waals surface area contributed by atoms with Crippen molar-refractivity contribution in [2.75, 3.05) is 45.8 Å². The molecule has 2 aliphatic carbocycles. The Hall–Kier alpha value is -7.12. The predicted octanol–water partition coefficient (Wildman–Crippen LogP) is 1.00. The second-order valence-corrected chi connectivity index (χ2v) is 19.8. The summed E-state index contributed by atoms with van der Waals surface area (Å²) in [6, 6.07) is 7.99. The Kier molecular flexibility index (Phi) is 16.4. The van der Waals surface area contributed by atoms with Gasteiger partial charge in [-0.1, -0.05) is 38.1 Å². The van der Waals surface area contributed by atoms with E-state index in [9.17, 15) is 58.8 Å². The van der Waals surface area contributed by atoms with Crippen molar-refractivity contribution in [1.29, 1.82) is 0 Å². The van der Waals surface area contributed by atoms with E-state index in [4.69, 9.17) is 23.7 Å². The third-order valence-corrected chi connectivity index (χ3v) is 14.4. The molecule has 9 atom stereocenters. The zero-order valence-corrected chi connectivity index (χ0v) is 42.7. The lowest BCUT2D eigenvalue weighted by Crippen LogP contribution is -2.59. The molecule has 8 N–H and O–H groups in total. The summed E-state index contributed by atoms with van der Waals surface area (Å²) in [4.78, 5) is 108. The van der Waals surface area contributed by atoms with Gasteiger partial charge in [-0.3, -0.25) is 48.2 Å². The van der Waals surface area contributed by atoms with E-state index in [1.54, 1.807) is 45.0 Å². The molecule has 0 bridgehead atoms. The zero-order chi connectivity index (χ0) is 54.9. The van der Waals surface area contributed by atoms with Gasteiger partial charge < -0.3 is 65.4 Å². The first-order chi connectivity index (χ1) is 36.1. The molecule has 3 aliphatic heterocycles. The number of aliphatic hydroxyl groups excluding tert-OH is 1. The van der Waals surface area contributed by atoms with Crippen molar-refractivity contribution in [2.45, 2.75) is 115 Å². The van der Waals surface area contributed by atoms with Crippen molar-refractivity contribution in [2.24, 2.45) is 5.92 Å². The summed E-state index contributed by atoms with van der Waals surface area (Å²) in [5.41, 5.74) is -3.12. The van der Waals surface area contributed by atoms with Crippen molar-refractivity contribution in [3.8, 4) is 17.2 Å². The first kappa shape index (κ1) is 55.1. The van der Waals surface area contributed by atoms with Gasteiger partial charge in [0.2, 0.25) is 23.5 Å². The fourth-order valence-corrected chi connectivity index (χ4v) is 10.3. The minimum atomic E-state index is -2.37. The fraction of sp³-hybridized carbons (Fsp3) is 0.472. The van der Waals surface area contributed by atoms with Crippen LogP contribution in [0.4, 0.5) is 5.69 Å². The Balaban J connectivity index is 0.963. The molecule has 0 saturated carbocycles. The number of carbonyl (C=O) groups is 8. The van der Waals surface area contributed by atoms with Crippen molar-refractivity contribution in [3.63, 3.8) is 0 Å². The second kappa shape index (κ2) is 22.6. The molecule has 3 aromatic carbocycles. The molecular formula is C53H62N6O17. The summed E-state index contributed by atoms with van der Waals surface area (Å²) in [5.74, 6) is -7.18. The number of phenolic OH excluding ortho intramolecular Hbond substituents is 2. The topological polar surface area (TPSA) is 318 Å². The maximum atomic E-state index is 14.3. The van der Waals surface area contributed by atoms with Crippen LogP contribution in [0.5, 0.6) is 17.2 Å². The van der Waals surface area contributed by atoms with Crippen LogP contribution in [-0.4, -0.2) is 166 Å². The van der Waals surface area contributed by atoms with Crippen LogP contribution in [0.25, 0.3) is 0 Å². The number of nitrogens with zero attached hydrogens (tertiary/aromatic N) is 2. The van der Waals surface area contributed by atoms with Crippen LogP contribution in [-0.2, 0) is 60.7 Å². The molecule has 0 aromatic heterocycles. The summed E-state index contributed by atoms with van der Waals surface area (Å²) >= 11 is 0. The number of carbonyl (C=O) groups excluding carboxylic acids is 8. The van der Waals surface area contributed by atoms with Crippen molar-refractivity contribution < 1.29 is 82.5 Å². The molecule has 0 unspecified atom stereocenters. The van der Waals surface area contributed by atoms with Crippen LogP contribution < -0.4 is 26.0 Å². The highest BCUT2D eigenvalue weighted by molar-refractivity contribution is 6.31. The van der Waals surface area contributed by atoms with Gasteiger partial charge in [0.1, 0.15) is 34.9 Å². The van der Waals surface area contributed by atoms with Crippen LogP contribution in [0.1, 0.15) is 102 Å². The number of amides is 6. The van der Waals surface area contributed by atoms with Crippen LogP contribution in [0.3, 0.4) is 0 Å². The van der Waals surface area contributed by atoms with E-state index in [1.807, 2.05) is 4.90 Å². The Labute approximate surface area is 436 Å². The molecule has 8 rings (SSSR count). The molecule has 0 radical (unpaired) electrons. The Morgan fingerprint density at radius 2 is 1.58 bits per heavy atom. The highest BCUT2D eigenvalue weighted by Crippen LogP contribution is 2.52. The van der Waals surface area contributed by atoms with E-state index >= 15 is 0 Å². The molecule has 406 valence electrons. The van der Waals surface area contributed by atoms with Gasteiger partial charge in [0, 0.05) is 99.5 Å². The largest absolute Gasteiger partial charge is 0.507 e. The molecule has 76 heavy (non-hydrogen) atoms. The molecule has 3 aromatic rings. The van der Waals surface area contributed by atoms with Crippen LogP contribution in [0.15, 0.2) is 54.6 Å². The molecule has 2 saturated heterocycles. The van der Waals surface area contributed by atoms with Crippen LogP contribution >= 0.6 is 0 Å². The number of hydrogen-bond donors (Lipinski definition) is 8. The standard InChI is InChI=1S/C53H62N6O17/c1-25(2)44(57-35(60)16-17-59-36(61)14-15-37(59)62)51(69)55-26(3)50(68)56-29-12-10-28(11-13-29)23-54-52(70)53(71)21-31-41(49(67)43-42(47(31)65)46(64)30-8-7-9-33(72-5)40(30)48(43)66)34(22-53)76-38-20-32(45(63)27(4)75-38)58-18-19-74-39(24-58)73-6/h7-15,25-27,32,34,38-39,44-45,63,65,67,71H,16-24H2,1-6H3,(H,54,70)(H,55,69)(H,56,68)(H,57,60)/t26-,27-,32-,34-,38-,39-,44-,45+,53-/m0/s1. The molecule has 5 aliphatic rings. The van der Waals surface area contributed by atoms with Gasteiger partial charge in [-0.2, -0.15) is 0 Å². The second-order valence-electron chi connectivity index (χ2n) is 19.8. The lowest BCUT2D eigenvalue weighted by Gasteiger charge is -2.47. The van der Waals surface area contributed by atoms with Crippen molar-refractivity contribution in [3.05, 3.63) is 93.6 Å². The quantitative estimate of drug-likeness (QED) is 0.0540. The summed E-state index contributed by atoms with van der Waals surface area (Å²) in [6.07, 6.45) is -4.03. The minimum absolute atomic E-state index is 0.0615. The summed E-state index contributed by atoms with van der Waals surface area (Å²) in [7, 11) is 2.82. The molecule has 2 fully saturated rings. The van der Waals surface area contributed by atoms with E-state index in [0.717, 1.165) is 17.1 Å². The minimum Gasteiger partial charge on any atom is -0.507 e. The smallest absolute Gasteiger partial charge is 0.253 e. The maximum Gasteiger partial charge on any atom is 0.253 e. The van der Waals surface area contributed by atoms with Gasteiger partial charge in [0.15, 0.2) is 18.4 Å². The molecule has 0 spiro atoms. The number of rotatable bonds is 17. The number of nitrogens with one attached hydrogen (secondary N) is 4. The van der Waals surface area contributed by atoms with E-state index < -0.39 is 143 Å². The molecular weight excluding hydrogens is 993 g/mol. The number of methoxy groups -OCH3 is 2. The van der Waals surface area contributed by atoms with Crippen LogP contribution in [0.2, 0.25) is 0 Å². The number of imide groups is 1. The van der Waals surface area contributed by atoms with E-state index in [-0.39, 0.29) is 53.9 Å². The number of aromatic hydroxyl groups is 2. The average Bonchev–Trinajstić information content (AvgIpc) is 3.72. The average molecular weight is 1060 g/mol. The van der Waals surface area contributed by atoms with Gasteiger partial charge in [-0.15, -0.1) is 0 Å². The number of phenols is 2. The van der Waals surface area contributed by atoms with Crippen molar-refractivity contribution >= 4 is 52.7 Å². The Morgan fingerprint density at radius 3 is 2.25 bits per heavy atom. The summed E-state index contributed by atoms with van der Waals surface area (Å²) < 4.78 is 29.2. The maximum absolute atomic E-state index is 14.3. The molecule has 6 amide bonds. The number of aliphatic hydroxyl groups is 2. The lowest BCUT2D eigenvalue weighted by molar-refractivity contribution is -0.266. The predicted molar refractivity (Wildman–Crippen MR) is 266 cm³/mol. The first-order valence-electron chi connectivity index (χ1n) is 24.9. The van der Waals surface area contributed by atoms with E-state index in [2.05, 4.69) is 21.3 Å². The monoisotopic (exact) mass is 1050 g/mol. The number of morpholine rings is 1. The highest BCUT2D eigenvalue weighted by atomic mass is 16.7. The molecule has 23 nitrogen and oxygen atoms in total. The van der Waals surface area contributed by atoms with Gasteiger partial charge in [0.25, 0.3) is 17.7 Å². The van der Waals surface area contributed by atoms with E-state index in [1.165, 1.54) is 39.3 Å². The fourth-order valence-electron chi connectivity index (χ4n) is 10.3. The van der Waals surface area contributed by atoms with Gasteiger partial charge in [0.05, 0.1) is 48.7 Å². The third kappa shape index (κ3) is 11.1. The first-order valence-corrected chi connectivity index (χ1v) is 24.9. The zero-order valence-electron chi connectivity index (χ0n) is 42.7.